The van der Waals surface area contributed by atoms with Crippen molar-refractivity contribution in [3.63, 3.8) is 0 Å². The number of nitrogens with zero attached hydrogens (tertiary/aromatic N) is 3. The number of benzene rings is 1. The Bertz CT molecular complexity index is 1930. The van der Waals surface area contributed by atoms with Crippen molar-refractivity contribution in [3.05, 3.63) is 86.1 Å². The molecule has 3 aliphatic rings. The van der Waals surface area contributed by atoms with Crippen LogP contribution >= 0.6 is 21.6 Å². The number of aliphatic hydroxyl groups is 1. The van der Waals surface area contributed by atoms with Crippen LogP contribution in [0.2, 0.25) is 0 Å². The SMILES string of the molecule is CC[C@@]1(O)C(=O)OCc2c1cc1n(c2=O)Cc2c-1nc1cc(F)c(C)c3c1c2[C@@H](NC(=O)CCSSc1ccccn1)CC3. The van der Waals surface area contributed by atoms with Gasteiger partial charge in [-0.1, -0.05) is 23.8 Å². The number of hydrogen-bond donors (Lipinski definition) is 2. The largest absolute Gasteiger partial charge is 0.458 e. The average molecular weight is 633 g/mol. The lowest BCUT2D eigenvalue weighted by atomic mass is 9.81. The fourth-order valence-electron chi connectivity index (χ4n) is 6.60. The van der Waals surface area contributed by atoms with Gasteiger partial charge >= 0.3 is 5.97 Å². The Morgan fingerprint density at radius 3 is 2.86 bits per heavy atom. The van der Waals surface area contributed by atoms with Crippen LogP contribution in [0.3, 0.4) is 0 Å². The molecular formula is C32H29FN4O5S2. The maximum absolute atomic E-state index is 15.1. The molecule has 226 valence electrons. The maximum Gasteiger partial charge on any atom is 0.343 e. The molecule has 0 saturated heterocycles. The summed E-state index contributed by atoms with van der Waals surface area (Å²) in [6.07, 6.45) is 3.22. The van der Waals surface area contributed by atoms with Crippen LogP contribution in [0.4, 0.5) is 4.39 Å². The molecule has 0 fully saturated rings. The van der Waals surface area contributed by atoms with Crippen LogP contribution < -0.4 is 10.9 Å². The van der Waals surface area contributed by atoms with Crippen LogP contribution in [0.25, 0.3) is 22.3 Å². The average Bonchev–Trinajstić information content (AvgIpc) is 3.40. The summed E-state index contributed by atoms with van der Waals surface area (Å²) in [7, 11) is 3.08. The zero-order chi connectivity index (χ0) is 30.7. The van der Waals surface area contributed by atoms with Crippen LogP contribution in [0.5, 0.6) is 0 Å². The van der Waals surface area contributed by atoms with E-state index in [4.69, 9.17) is 9.72 Å². The Morgan fingerprint density at radius 1 is 1.25 bits per heavy atom. The Kier molecular flexibility index (Phi) is 7.25. The summed E-state index contributed by atoms with van der Waals surface area (Å²) in [5, 5.41) is 16.1. The highest BCUT2D eigenvalue weighted by Crippen LogP contribution is 2.46. The third-order valence-electron chi connectivity index (χ3n) is 8.91. The molecule has 0 unspecified atom stereocenters. The van der Waals surface area contributed by atoms with Crippen LogP contribution in [0.1, 0.15) is 65.6 Å². The minimum absolute atomic E-state index is 0.0333. The molecule has 1 aromatic carbocycles. The highest BCUT2D eigenvalue weighted by atomic mass is 33.1. The van der Waals surface area contributed by atoms with E-state index in [1.165, 1.54) is 16.9 Å². The van der Waals surface area contributed by atoms with Gasteiger partial charge in [-0.2, -0.15) is 0 Å². The first-order valence-corrected chi connectivity index (χ1v) is 16.8. The quantitative estimate of drug-likeness (QED) is 0.147. The van der Waals surface area contributed by atoms with E-state index in [1.54, 1.807) is 41.5 Å². The van der Waals surface area contributed by atoms with Gasteiger partial charge in [0.05, 0.1) is 35.1 Å². The van der Waals surface area contributed by atoms with Crippen LogP contribution in [0, 0.1) is 12.7 Å². The molecule has 2 atom stereocenters. The number of cyclic esters (lactones) is 1. The number of fused-ring (bicyclic) bond motifs is 5. The van der Waals surface area contributed by atoms with Gasteiger partial charge in [0.2, 0.25) is 5.91 Å². The van der Waals surface area contributed by atoms with E-state index in [-0.39, 0.29) is 54.0 Å². The molecule has 0 saturated carbocycles. The van der Waals surface area contributed by atoms with Crippen LogP contribution in [-0.2, 0) is 39.5 Å². The van der Waals surface area contributed by atoms with E-state index in [2.05, 4.69) is 10.3 Å². The number of halogens is 1. The lowest BCUT2D eigenvalue weighted by molar-refractivity contribution is -0.172. The summed E-state index contributed by atoms with van der Waals surface area (Å²) >= 11 is 0. The first-order valence-electron chi connectivity index (χ1n) is 14.5. The minimum atomic E-state index is -1.95. The fourth-order valence-corrected chi connectivity index (χ4v) is 8.47. The number of hydrogen-bond acceptors (Lipinski definition) is 9. The molecule has 0 radical (unpaired) electrons. The molecule has 5 heterocycles. The van der Waals surface area contributed by atoms with Gasteiger partial charge in [-0.25, -0.2) is 19.2 Å². The summed E-state index contributed by atoms with van der Waals surface area (Å²) in [5.74, 6) is -0.659. The number of carbonyl (C=O) groups is 2. The summed E-state index contributed by atoms with van der Waals surface area (Å²) < 4.78 is 21.9. The van der Waals surface area contributed by atoms with Crippen LogP contribution in [0.15, 0.2) is 46.3 Å². The van der Waals surface area contributed by atoms with Crippen molar-refractivity contribution in [3.8, 4) is 11.4 Å². The van der Waals surface area contributed by atoms with Gasteiger partial charge in [-0.3, -0.25) is 9.59 Å². The smallest absolute Gasteiger partial charge is 0.343 e. The molecular weight excluding hydrogens is 604 g/mol. The Morgan fingerprint density at radius 2 is 2.09 bits per heavy atom. The van der Waals surface area contributed by atoms with Crippen molar-refractivity contribution in [2.45, 2.75) is 69.4 Å². The van der Waals surface area contributed by atoms with E-state index in [0.717, 1.165) is 27.1 Å². The molecule has 2 aliphatic heterocycles. The monoisotopic (exact) mass is 632 g/mol. The lowest BCUT2D eigenvalue weighted by Crippen LogP contribution is -2.44. The highest BCUT2D eigenvalue weighted by Gasteiger charge is 2.46. The van der Waals surface area contributed by atoms with E-state index < -0.39 is 11.6 Å². The molecule has 1 aliphatic carbocycles. The van der Waals surface area contributed by atoms with Gasteiger partial charge in [0.1, 0.15) is 17.5 Å². The third-order valence-corrected chi connectivity index (χ3v) is 11.2. The molecule has 1 amide bonds. The molecule has 2 N–H and O–H groups in total. The van der Waals surface area contributed by atoms with Gasteiger partial charge < -0.3 is 19.7 Å². The van der Waals surface area contributed by atoms with Gasteiger partial charge in [0, 0.05) is 41.0 Å². The first-order chi connectivity index (χ1) is 21.2. The lowest BCUT2D eigenvalue weighted by Gasteiger charge is -2.31. The molecule has 4 aromatic rings. The molecule has 44 heavy (non-hydrogen) atoms. The van der Waals surface area contributed by atoms with E-state index in [9.17, 15) is 19.5 Å². The number of aromatic nitrogens is 3. The predicted octanol–water partition coefficient (Wildman–Crippen LogP) is 4.86. The zero-order valence-corrected chi connectivity index (χ0v) is 25.7. The predicted molar refractivity (Wildman–Crippen MR) is 166 cm³/mol. The Balaban J connectivity index is 1.28. The van der Waals surface area contributed by atoms with Crippen molar-refractivity contribution < 1.29 is 23.8 Å². The van der Waals surface area contributed by atoms with E-state index >= 15 is 4.39 Å². The number of aryl methyl sites for hydroxylation is 1. The van der Waals surface area contributed by atoms with Gasteiger partial charge in [-0.15, -0.1) is 0 Å². The van der Waals surface area contributed by atoms with Crippen molar-refractivity contribution in [1.82, 2.24) is 19.9 Å². The Labute approximate surface area is 260 Å². The topological polar surface area (TPSA) is 123 Å². The second kappa shape index (κ2) is 11.0. The second-order valence-electron chi connectivity index (χ2n) is 11.3. The second-order valence-corrected chi connectivity index (χ2v) is 13.7. The standard InChI is InChI=1S/C32H29FN4O5S2/c1-3-32(41)20-12-24-29-18(14-37(24)30(39)19(20)15-42-31(32)40)28-22(8-7-17-16(2)21(33)13-23(36-29)27(17)28)35-25(38)9-11-43-44-26-6-4-5-10-34-26/h4-6,10,12-13,22,41H,3,7-9,11,14-15H2,1-2H3,(H,35,38)/t22-,32-/m0/s1. The molecule has 0 bridgehead atoms. The number of rotatable bonds is 7. The Hall–Kier alpha value is -3.74. The molecule has 7 rings (SSSR count). The van der Waals surface area contributed by atoms with Crippen molar-refractivity contribution >= 4 is 44.4 Å². The summed E-state index contributed by atoms with van der Waals surface area (Å²) in [6, 6.07) is 8.40. The molecule has 12 heteroatoms. The third kappa shape index (κ3) is 4.53. The van der Waals surface area contributed by atoms with Gasteiger partial charge in [0.25, 0.3) is 5.56 Å². The normalized spacial score (nSPS) is 19.7. The minimum Gasteiger partial charge on any atom is -0.458 e. The maximum atomic E-state index is 15.1. The molecule has 3 aromatic heterocycles. The summed E-state index contributed by atoms with van der Waals surface area (Å²) in [4.78, 5) is 48.7. The molecule has 9 nitrogen and oxygen atoms in total. The first kappa shape index (κ1) is 29.0. The van der Waals surface area contributed by atoms with Crippen molar-refractivity contribution in [2.24, 2.45) is 0 Å². The number of ether oxygens (including phenoxy) is 1. The number of esters is 1. The number of amides is 1. The fraction of sp³-hybridized carbons (Fsp3) is 0.344. The van der Waals surface area contributed by atoms with Crippen LogP contribution in [-0.4, -0.2) is 37.3 Å². The van der Waals surface area contributed by atoms with E-state index in [0.29, 0.717) is 47.5 Å². The van der Waals surface area contributed by atoms with Crippen molar-refractivity contribution in [2.75, 3.05) is 5.75 Å². The summed E-state index contributed by atoms with van der Waals surface area (Å²) in [5.41, 5.74) is 2.56. The van der Waals surface area contributed by atoms with Gasteiger partial charge in [0.15, 0.2) is 5.60 Å². The zero-order valence-electron chi connectivity index (χ0n) is 24.1. The van der Waals surface area contributed by atoms with Crippen molar-refractivity contribution in [1.29, 1.82) is 0 Å². The number of carbonyl (C=O) groups excluding carboxylic acids is 2. The number of pyridine rings is 3. The molecule has 0 spiro atoms. The van der Waals surface area contributed by atoms with Gasteiger partial charge in [-0.05, 0) is 71.9 Å². The highest BCUT2D eigenvalue weighted by molar-refractivity contribution is 8.76. The number of nitrogens with one attached hydrogen (secondary N) is 1. The summed E-state index contributed by atoms with van der Waals surface area (Å²) in [6.45, 7) is 3.39. The van der Waals surface area contributed by atoms with E-state index in [1.807, 2.05) is 18.2 Å².